The summed E-state index contributed by atoms with van der Waals surface area (Å²) in [5.74, 6) is -1.07. The quantitative estimate of drug-likeness (QED) is 0.845. The van der Waals surface area contributed by atoms with Crippen LogP contribution in [0.5, 0.6) is 0 Å². The molecule has 2 aromatic rings. The van der Waals surface area contributed by atoms with Gasteiger partial charge in [-0.15, -0.1) is 11.3 Å². The minimum atomic E-state index is -0.942. The molecule has 1 saturated heterocycles. The number of hydrogen-bond acceptors (Lipinski definition) is 4. The van der Waals surface area contributed by atoms with E-state index < -0.39 is 5.97 Å². The molecule has 4 rings (SSSR count). The van der Waals surface area contributed by atoms with Crippen LogP contribution < -0.4 is 5.32 Å². The highest BCUT2D eigenvalue weighted by atomic mass is 32.1. The summed E-state index contributed by atoms with van der Waals surface area (Å²) < 4.78 is 2.10. The predicted octanol–water partition coefficient (Wildman–Crippen LogP) is 3.05. The van der Waals surface area contributed by atoms with E-state index >= 15 is 0 Å². The van der Waals surface area contributed by atoms with E-state index in [0.717, 1.165) is 49.1 Å². The lowest BCUT2D eigenvalue weighted by atomic mass is 10.1. The summed E-state index contributed by atoms with van der Waals surface area (Å²) in [6.45, 7) is 1.17. The molecule has 2 aliphatic rings. The van der Waals surface area contributed by atoms with Crippen LogP contribution in [0.2, 0.25) is 0 Å². The summed E-state index contributed by atoms with van der Waals surface area (Å²) in [4.78, 5) is 27.6. The number of hydrogen-bond donors (Lipinski definition) is 2. The van der Waals surface area contributed by atoms with E-state index in [1.165, 1.54) is 17.0 Å². The smallest absolute Gasteiger partial charge is 0.339 e. The van der Waals surface area contributed by atoms with Crippen molar-refractivity contribution in [2.75, 3.05) is 18.4 Å². The number of carbonyl (C=O) groups is 2. The first-order valence-corrected chi connectivity index (χ1v) is 9.89. The molecule has 138 valence electrons. The Morgan fingerprint density at radius 2 is 2.19 bits per heavy atom. The zero-order valence-electron chi connectivity index (χ0n) is 14.8. The zero-order chi connectivity index (χ0) is 18.3. The number of nitrogens with one attached hydrogen (secondary N) is 1. The summed E-state index contributed by atoms with van der Waals surface area (Å²) in [5.41, 5.74) is 2.44. The van der Waals surface area contributed by atoms with Crippen LogP contribution in [0.15, 0.2) is 18.3 Å². The second-order valence-electron chi connectivity index (χ2n) is 7.09. The van der Waals surface area contributed by atoms with Crippen LogP contribution >= 0.6 is 11.3 Å². The van der Waals surface area contributed by atoms with Crippen LogP contribution in [-0.2, 0) is 24.7 Å². The van der Waals surface area contributed by atoms with E-state index in [4.69, 9.17) is 0 Å². The first kappa shape index (κ1) is 17.3. The number of aromatic nitrogens is 1. The molecule has 2 aromatic heterocycles. The molecular formula is C19H23N3O3S. The van der Waals surface area contributed by atoms with Crippen LogP contribution in [0.25, 0.3) is 0 Å². The van der Waals surface area contributed by atoms with E-state index in [2.05, 4.69) is 20.9 Å². The lowest BCUT2D eigenvalue weighted by Crippen LogP contribution is -2.33. The Kier molecular flexibility index (Phi) is 4.58. The van der Waals surface area contributed by atoms with Gasteiger partial charge in [-0.2, -0.15) is 0 Å². The van der Waals surface area contributed by atoms with Crippen LogP contribution in [0, 0.1) is 0 Å². The SMILES string of the molecule is Cn1cccc1[C@@H]1CCCN1CC(=O)Nc1sc2c(c1C(=O)O)CCC2. The van der Waals surface area contributed by atoms with Gasteiger partial charge >= 0.3 is 5.97 Å². The predicted molar refractivity (Wildman–Crippen MR) is 101 cm³/mol. The maximum Gasteiger partial charge on any atom is 0.339 e. The van der Waals surface area contributed by atoms with Crippen LogP contribution in [0.1, 0.15) is 51.8 Å². The highest BCUT2D eigenvalue weighted by Crippen LogP contribution is 2.39. The molecule has 26 heavy (non-hydrogen) atoms. The average Bonchev–Trinajstić information content (AvgIpc) is 3.31. The van der Waals surface area contributed by atoms with E-state index in [0.29, 0.717) is 10.6 Å². The number of carboxylic acid groups (broad SMARTS) is 1. The molecule has 0 spiro atoms. The maximum absolute atomic E-state index is 12.6. The van der Waals surface area contributed by atoms with E-state index in [9.17, 15) is 14.7 Å². The molecule has 0 saturated carbocycles. The lowest BCUT2D eigenvalue weighted by molar-refractivity contribution is -0.117. The minimum Gasteiger partial charge on any atom is -0.478 e. The molecule has 6 nitrogen and oxygen atoms in total. The second kappa shape index (κ2) is 6.89. The Hall–Kier alpha value is -2.12. The first-order chi connectivity index (χ1) is 12.5. The third kappa shape index (κ3) is 3.05. The van der Waals surface area contributed by atoms with Crippen molar-refractivity contribution in [1.29, 1.82) is 0 Å². The Morgan fingerprint density at radius 3 is 2.92 bits per heavy atom. The van der Waals surface area contributed by atoms with Gasteiger partial charge in [0.2, 0.25) is 5.91 Å². The van der Waals surface area contributed by atoms with E-state index in [1.54, 1.807) is 0 Å². The lowest BCUT2D eigenvalue weighted by Gasteiger charge is -2.24. The molecule has 1 fully saturated rings. The number of carbonyl (C=O) groups excluding carboxylic acids is 1. The third-order valence-electron chi connectivity index (χ3n) is 5.42. The Labute approximate surface area is 156 Å². The van der Waals surface area contributed by atoms with Gasteiger partial charge in [-0.3, -0.25) is 9.69 Å². The van der Waals surface area contributed by atoms with Gasteiger partial charge in [0.05, 0.1) is 18.2 Å². The number of aromatic carboxylic acids is 1. The molecule has 0 unspecified atom stereocenters. The fraction of sp³-hybridized carbons (Fsp3) is 0.474. The highest BCUT2D eigenvalue weighted by molar-refractivity contribution is 7.17. The van der Waals surface area contributed by atoms with Crippen molar-refractivity contribution in [2.24, 2.45) is 7.05 Å². The van der Waals surface area contributed by atoms with Crippen LogP contribution in [-0.4, -0.2) is 39.5 Å². The van der Waals surface area contributed by atoms with Crippen molar-refractivity contribution in [2.45, 2.75) is 38.1 Å². The molecule has 7 heteroatoms. The number of fused-ring (bicyclic) bond motifs is 1. The molecule has 1 atom stereocenters. The summed E-state index contributed by atoms with van der Waals surface area (Å²) in [5, 5.41) is 12.9. The molecule has 0 aromatic carbocycles. The average molecular weight is 373 g/mol. The summed E-state index contributed by atoms with van der Waals surface area (Å²) in [7, 11) is 2.03. The number of nitrogens with zero attached hydrogens (tertiary/aromatic N) is 2. The van der Waals surface area contributed by atoms with Crippen molar-refractivity contribution in [1.82, 2.24) is 9.47 Å². The Morgan fingerprint density at radius 1 is 1.35 bits per heavy atom. The summed E-state index contributed by atoms with van der Waals surface area (Å²) in [6, 6.07) is 4.37. The largest absolute Gasteiger partial charge is 0.478 e. The van der Waals surface area contributed by atoms with E-state index in [1.807, 2.05) is 19.3 Å². The summed E-state index contributed by atoms with van der Waals surface area (Å²) in [6.07, 6.45) is 6.85. The number of anilines is 1. The van der Waals surface area contributed by atoms with Crippen molar-refractivity contribution in [3.63, 3.8) is 0 Å². The van der Waals surface area contributed by atoms with Crippen molar-refractivity contribution >= 4 is 28.2 Å². The fourth-order valence-corrected chi connectivity index (χ4v) is 5.54. The number of amides is 1. The zero-order valence-corrected chi connectivity index (χ0v) is 15.6. The molecule has 1 amide bonds. The number of rotatable bonds is 5. The van der Waals surface area contributed by atoms with Gasteiger partial charge in [-0.05, 0) is 56.3 Å². The van der Waals surface area contributed by atoms with Gasteiger partial charge in [0.25, 0.3) is 0 Å². The van der Waals surface area contributed by atoms with Crippen LogP contribution in [0.4, 0.5) is 5.00 Å². The number of carboxylic acids is 1. The van der Waals surface area contributed by atoms with Crippen molar-refractivity contribution < 1.29 is 14.7 Å². The van der Waals surface area contributed by atoms with Gasteiger partial charge in [0.1, 0.15) is 5.00 Å². The second-order valence-corrected chi connectivity index (χ2v) is 8.19. The Bertz CT molecular complexity index is 854. The minimum absolute atomic E-state index is 0.131. The first-order valence-electron chi connectivity index (χ1n) is 9.07. The Balaban J connectivity index is 1.48. The topological polar surface area (TPSA) is 74.6 Å². The van der Waals surface area contributed by atoms with Gasteiger partial charge in [-0.25, -0.2) is 4.79 Å². The molecule has 2 N–H and O–H groups in total. The third-order valence-corrected chi connectivity index (χ3v) is 6.63. The monoisotopic (exact) mass is 373 g/mol. The van der Waals surface area contributed by atoms with Gasteiger partial charge < -0.3 is 15.0 Å². The van der Waals surface area contributed by atoms with Crippen molar-refractivity contribution in [3.8, 4) is 0 Å². The molecule has 1 aliphatic carbocycles. The van der Waals surface area contributed by atoms with Gasteiger partial charge in [0.15, 0.2) is 0 Å². The van der Waals surface area contributed by atoms with Gasteiger partial charge in [-0.1, -0.05) is 0 Å². The molecule has 3 heterocycles. The number of likely N-dealkylation sites (tertiary alicyclic amines) is 1. The fourth-order valence-electron chi connectivity index (χ4n) is 4.24. The van der Waals surface area contributed by atoms with Crippen molar-refractivity contribution in [3.05, 3.63) is 40.0 Å². The summed E-state index contributed by atoms with van der Waals surface area (Å²) >= 11 is 1.43. The maximum atomic E-state index is 12.6. The molecule has 0 radical (unpaired) electrons. The normalized spacial score (nSPS) is 19.7. The van der Waals surface area contributed by atoms with Gasteiger partial charge in [0, 0.05) is 23.8 Å². The number of thiophene rings is 1. The molecule has 0 bridgehead atoms. The molecule has 1 aliphatic heterocycles. The number of aryl methyl sites for hydroxylation is 2. The van der Waals surface area contributed by atoms with Crippen LogP contribution in [0.3, 0.4) is 0 Å². The van der Waals surface area contributed by atoms with E-state index in [-0.39, 0.29) is 18.5 Å². The highest BCUT2D eigenvalue weighted by Gasteiger charge is 2.31. The molecular weight excluding hydrogens is 350 g/mol. The standard InChI is InChI=1S/C19H23N3O3S/c1-21-9-3-6-13(21)14-7-4-10-22(14)11-16(23)20-18-17(19(24)25)12-5-2-8-15(12)26-18/h3,6,9,14H,2,4-5,7-8,10-11H2,1H3,(H,20,23)(H,24,25)/t14-/m0/s1.